The third-order valence-electron chi connectivity index (χ3n) is 2.80. The Morgan fingerprint density at radius 1 is 1.56 bits per heavy atom. The molecular weight excluding hydrogens is 226 g/mol. The summed E-state index contributed by atoms with van der Waals surface area (Å²) in [4.78, 5) is 4.06. The van der Waals surface area contributed by atoms with Crippen molar-refractivity contribution in [3.8, 4) is 0 Å². The Balaban J connectivity index is 2.01. The molecule has 1 aromatic rings. The van der Waals surface area contributed by atoms with Crippen molar-refractivity contribution in [3.05, 3.63) is 18.3 Å². The van der Waals surface area contributed by atoms with Gasteiger partial charge >= 0.3 is 0 Å². The van der Waals surface area contributed by atoms with E-state index in [9.17, 15) is 8.42 Å². The Morgan fingerprint density at radius 2 is 2.38 bits per heavy atom. The second-order valence-electron chi connectivity index (χ2n) is 3.95. The maximum absolute atomic E-state index is 11.6. The van der Waals surface area contributed by atoms with E-state index in [0.717, 1.165) is 12.8 Å². The van der Waals surface area contributed by atoms with Crippen LogP contribution in [-0.4, -0.2) is 30.9 Å². The lowest BCUT2D eigenvalue weighted by Crippen LogP contribution is -2.25. The zero-order chi connectivity index (χ0) is 11.6. The molecule has 0 bridgehead atoms. The van der Waals surface area contributed by atoms with Crippen LogP contribution in [0.15, 0.2) is 18.3 Å². The standard InChI is InChI=1S/C10H15N3O2S/c11-9-4-1-5-12-10(9)13-7-8-3-2-6-16(8,14)15/h1,4-5,8H,2-3,6-7,11H2,(H,12,13). The Morgan fingerprint density at radius 3 is 3.00 bits per heavy atom. The van der Waals surface area contributed by atoms with E-state index in [0.29, 0.717) is 23.8 Å². The summed E-state index contributed by atoms with van der Waals surface area (Å²) in [5.74, 6) is 0.862. The molecule has 0 aromatic carbocycles. The minimum absolute atomic E-state index is 0.297. The Kier molecular flexibility index (Phi) is 3.00. The van der Waals surface area contributed by atoms with Crippen LogP contribution in [0, 0.1) is 0 Å². The highest BCUT2D eigenvalue weighted by Crippen LogP contribution is 2.21. The summed E-state index contributed by atoms with van der Waals surface area (Å²) in [5, 5.41) is 2.70. The number of hydrogen-bond acceptors (Lipinski definition) is 5. The van der Waals surface area contributed by atoms with Crippen molar-refractivity contribution in [1.29, 1.82) is 0 Å². The fraction of sp³-hybridized carbons (Fsp3) is 0.500. The molecule has 1 unspecified atom stereocenters. The smallest absolute Gasteiger partial charge is 0.154 e. The number of nitrogens with two attached hydrogens (primary N) is 1. The van der Waals surface area contributed by atoms with Gasteiger partial charge in [0.25, 0.3) is 0 Å². The van der Waals surface area contributed by atoms with Crippen LogP contribution in [0.3, 0.4) is 0 Å². The number of sulfone groups is 1. The summed E-state index contributed by atoms with van der Waals surface area (Å²) >= 11 is 0. The molecule has 2 heterocycles. The predicted octanol–water partition coefficient (Wildman–Crippen LogP) is 0.653. The van der Waals surface area contributed by atoms with Crippen LogP contribution >= 0.6 is 0 Å². The van der Waals surface area contributed by atoms with Gasteiger partial charge in [-0.1, -0.05) is 0 Å². The molecule has 1 atom stereocenters. The van der Waals surface area contributed by atoms with Crippen molar-refractivity contribution < 1.29 is 8.42 Å². The van der Waals surface area contributed by atoms with Crippen LogP contribution in [0.4, 0.5) is 11.5 Å². The predicted molar refractivity (Wildman–Crippen MR) is 63.9 cm³/mol. The van der Waals surface area contributed by atoms with E-state index in [-0.39, 0.29) is 5.25 Å². The largest absolute Gasteiger partial charge is 0.396 e. The molecule has 88 valence electrons. The molecule has 1 aliphatic rings. The lowest BCUT2D eigenvalue weighted by atomic mass is 10.2. The summed E-state index contributed by atoms with van der Waals surface area (Å²) in [6, 6.07) is 3.48. The summed E-state index contributed by atoms with van der Waals surface area (Å²) in [5.41, 5.74) is 6.24. The molecule has 0 spiro atoms. The van der Waals surface area contributed by atoms with E-state index < -0.39 is 9.84 Å². The fourth-order valence-electron chi connectivity index (χ4n) is 1.86. The summed E-state index contributed by atoms with van der Waals surface area (Å²) in [6.45, 7) is 0.392. The minimum atomic E-state index is -2.90. The number of nitrogens with one attached hydrogen (secondary N) is 1. The lowest BCUT2D eigenvalue weighted by Gasteiger charge is -2.12. The van der Waals surface area contributed by atoms with E-state index in [1.807, 2.05) is 0 Å². The first-order valence-electron chi connectivity index (χ1n) is 5.25. The molecule has 1 aliphatic heterocycles. The first kappa shape index (κ1) is 11.2. The summed E-state index contributed by atoms with van der Waals surface area (Å²) in [7, 11) is -2.90. The molecular formula is C10H15N3O2S. The topological polar surface area (TPSA) is 85.1 Å². The van der Waals surface area contributed by atoms with Gasteiger partial charge < -0.3 is 11.1 Å². The quantitative estimate of drug-likeness (QED) is 0.811. The monoisotopic (exact) mass is 241 g/mol. The van der Waals surface area contributed by atoms with E-state index >= 15 is 0 Å². The van der Waals surface area contributed by atoms with E-state index in [4.69, 9.17) is 5.73 Å². The van der Waals surface area contributed by atoms with Gasteiger partial charge in [-0.25, -0.2) is 13.4 Å². The Hall–Kier alpha value is -1.30. The van der Waals surface area contributed by atoms with Gasteiger partial charge in [0, 0.05) is 12.7 Å². The number of nitrogen functional groups attached to an aromatic ring is 1. The van der Waals surface area contributed by atoms with Crippen molar-refractivity contribution in [3.63, 3.8) is 0 Å². The Bertz CT molecular complexity index is 473. The molecule has 0 saturated carbocycles. The molecule has 0 aliphatic carbocycles. The van der Waals surface area contributed by atoms with Crippen molar-refractivity contribution in [2.75, 3.05) is 23.3 Å². The van der Waals surface area contributed by atoms with Gasteiger partial charge in [-0.3, -0.25) is 0 Å². The molecule has 6 heteroatoms. The molecule has 1 fully saturated rings. The number of pyridine rings is 1. The van der Waals surface area contributed by atoms with Gasteiger partial charge in [0.15, 0.2) is 9.84 Å². The average molecular weight is 241 g/mol. The van der Waals surface area contributed by atoms with Crippen LogP contribution in [0.2, 0.25) is 0 Å². The van der Waals surface area contributed by atoms with Gasteiger partial charge in [0.05, 0.1) is 16.7 Å². The third-order valence-corrected chi connectivity index (χ3v) is 5.07. The van der Waals surface area contributed by atoms with Crippen LogP contribution in [0.25, 0.3) is 0 Å². The van der Waals surface area contributed by atoms with Crippen LogP contribution < -0.4 is 11.1 Å². The molecule has 2 rings (SSSR count). The van der Waals surface area contributed by atoms with Crippen molar-refractivity contribution in [2.45, 2.75) is 18.1 Å². The number of anilines is 2. The molecule has 1 aromatic heterocycles. The van der Waals surface area contributed by atoms with E-state index in [2.05, 4.69) is 10.3 Å². The maximum Gasteiger partial charge on any atom is 0.154 e. The normalized spacial score (nSPS) is 23.1. The third kappa shape index (κ3) is 2.27. The van der Waals surface area contributed by atoms with Crippen LogP contribution in [0.5, 0.6) is 0 Å². The van der Waals surface area contributed by atoms with Gasteiger partial charge in [-0.15, -0.1) is 0 Å². The van der Waals surface area contributed by atoms with Crippen molar-refractivity contribution in [2.24, 2.45) is 0 Å². The summed E-state index contributed by atoms with van der Waals surface area (Å²) in [6.07, 6.45) is 3.11. The average Bonchev–Trinajstić information content (AvgIpc) is 2.57. The molecule has 16 heavy (non-hydrogen) atoms. The van der Waals surface area contributed by atoms with Crippen LogP contribution in [0.1, 0.15) is 12.8 Å². The second kappa shape index (κ2) is 4.29. The van der Waals surface area contributed by atoms with Crippen molar-refractivity contribution >= 4 is 21.3 Å². The maximum atomic E-state index is 11.6. The molecule has 5 nitrogen and oxygen atoms in total. The van der Waals surface area contributed by atoms with Gasteiger partial charge in [0.2, 0.25) is 0 Å². The zero-order valence-electron chi connectivity index (χ0n) is 8.89. The number of aromatic nitrogens is 1. The zero-order valence-corrected chi connectivity index (χ0v) is 9.70. The second-order valence-corrected chi connectivity index (χ2v) is 6.35. The fourth-order valence-corrected chi connectivity index (χ4v) is 3.63. The molecule has 0 amide bonds. The minimum Gasteiger partial charge on any atom is -0.396 e. The van der Waals surface area contributed by atoms with Crippen molar-refractivity contribution in [1.82, 2.24) is 4.98 Å². The molecule has 1 saturated heterocycles. The van der Waals surface area contributed by atoms with E-state index in [1.54, 1.807) is 18.3 Å². The van der Waals surface area contributed by atoms with Gasteiger partial charge in [-0.05, 0) is 25.0 Å². The molecule has 0 radical (unpaired) electrons. The Labute approximate surface area is 95.0 Å². The van der Waals surface area contributed by atoms with E-state index in [1.165, 1.54) is 0 Å². The number of nitrogens with zero attached hydrogens (tertiary/aromatic N) is 1. The first-order valence-corrected chi connectivity index (χ1v) is 6.97. The van der Waals surface area contributed by atoms with Crippen LogP contribution in [-0.2, 0) is 9.84 Å². The first-order chi connectivity index (χ1) is 7.59. The highest BCUT2D eigenvalue weighted by atomic mass is 32.2. The number of hydrogen-bond donors (Lipinski definition) is 2. The SMILES string of the molecule is Nc1cccnc1NCC1CCCS1(=O)=O. The highest BCUT2D eigenvalue weighted by Gasteiger charge is 2.30. The van der Waals surface area contributed by atoms with Gasteiger partial charge in [-0.2, -0.15) is 0 Å². The lowest BCUT2D eigenvalue weighted by molar-refractivity contribution is 0.591. The highest BCUT2D eigenvalue weighted by molar-refractivity contribution is 7.92. The molecule has 3 N–H and O–H groups in total. The summed E-state index contributed by atoms with van der Waals surface area (Å²) < 4.78 is 23.2. The van der Waals surface area contributed by atoms with Gasteiger partial charge in [0.1, 0.15) is 5.82 Å². The number of rotatable bonds is 3.